The van der Waals surface area contributed by atoms with E-state index in [-0.39, 0.29) is 5.78 Å². The number of rotatable bonds is 2. The molecule has 26 heavy (non-hydrogen) atoms. The first-order valence-electron chi connectivity index (χ1n) is 8.18. The fourth-order valence-electron chi connectivity index (χ4n) is 3.25. The van der Waals surface area contributed by atoms with Crippen molar-refractivity contribution in [2.45, 2.75) is 0 Å². The van der Waals surface area contributed by atoms with E-state index in [1.54, 1.807) is 24.3 Å². The van der Waals surface area contributed by atoms with Crippen LogP contribution in [0.3, 0.4) is 0 Å². The van der Waals surface area contributed by atoms with Crippen LogP contribution in [0.15, 0.2) is 72.9 Å². The first-order valence-corrected chi connectivity index (χ1v) is 8.56. The van der Waals surface area contributed by atoms with Gasteiger partial charge in [-0.1, -0.05) is 35.9 Å². The molecule has 3 aromatic heterocycles. The van der Waals surface area contributed by atoms with E-state index in [0.717, 1.165) is 27.6 Å². The summed E-state index contributed by atoms with van der Waals surface area (Å²) in [4.78, 5) is 22.6. The lowest BCUT2D eigenvalue weighted by atomic mass is 10.0. The predicted octanol–water partition coefficient (Wildman–Crippen LogP) is 4.92. The Bertz CT molecular complexity index is 1310. The van der Waals surface area contributed by atoms with Crippen molar-refractivity contribution in [3.8, 4) is 0 Å². The Balaban J connectivity index is 1.90. The van der Waals surface area contributed by atoms with Crippen LogP contribution in [-0.2, 0) is 0 Å². The van der Waals surface area contributed by atoms with Crippen LogP contribution in [0.5, 0.6) is 0 Å². The van der Waals surface area contributed by atoms with Gasteiger partial charge in [0.25, 0.3) is 0 Å². The van der Waals surface area contributed by atoms with Crippen LogP contribution < -0.4 is 0 Å². The smallest absolute Gasteiger partial charge is 0.213 e. The lowest BCUT2D eigenvalue weighted by Crippen LogP contribution is -2.06. The molecule has 0 atom stereocenters. The van der Waals surface area contributed by atoms with Gasteiger partial charge in [-0.3, -0.25) is 9.20 Å². The summed E-state index contributed by atoms with van der Waals surface area (Å²) in [5.74, 6) is -0.150. The average molecular weight is 358 g/mol. The molecule has 0 amide bonds. The van der Waals surface area contributed by atoms with Crippen LogP contribution in [0.1, 0.15) is 16.1 Å². The minimum Gasteiger partial charge on any atom is -0.298 e. The van der Waals surface area contributed by atoms with Gasteiger partial charge in [0, 0.05) is 22.2 Å². The number of carbonyl (C=O) groups is 1. The number of halogens is 1. The highest BCUT2D eigenvalue weighted by molar-refractivity contribution is 6.30. The van der Waals surface area contributed by atoms with Crippen LogP contribution in [0.2, 0.25) is 5.02 Å². The number of fused-ring (bicyclic) bond motifs is 5. The van der Waals surface area contributed by atoms with E-state index in [1.807, 2.05) is 53.1 Å². The molecule has 0 fully saturated rings. The summed E-state index contributed by atoms with van der Waals surface area (Å²) in [5.41, 5.74) is 3.97. The third-order valence-electron chi connectivity index (χ3n) is 4.47. The van der Waals surface area contributed by atoms with E-state index in [1.165, 1.54) is 0 Å². The van der Waals surface area contributed by atoms with E-state index < -0.39 is 0 Å². The molecule has 0 radical (unpaired) electrons. The summed E-state index contributed by atoms with van der Waals surface area (Å²) in [6, 6.07) is 20.4. The van der Waals surface area contributed by atoms with Crippen molar-refractivity contribution in [1.29, 1.82) is 0 Å². The van der Waals surface area contributed by atoms with Crippen molar-refractivity contribution in [1.82, 2.24) is 14.4 Å². The number of aromatic nitrogens is 3. The molecule has 0 saturated carbocycles. The highest BCUT2D eigenvalue weighted by Crippen LogP contribution is 2.28. The number of hydrogen-bond donors (Lipinski definition) is 0. The van der Waals surface area contributed by atoms with Crippen molar-refractivity contribution in [2.24, 2.45) is 0 Å². The van der Waals surface area contributed by atoms with Crippen molar-refractivity contribution in [3.05, 3.63) is 89.2 Å². The number of pyridine rings is 2. The van der Waals surface area contributed by atoms with Gasteiger partial charge in [-0.05, 0) is 42.5 Å². The largest absolute Gasteiger partial charge is 0.298 e. The second kappa shape index (κ2) is 5.64. The van der Waals surface area contributed by atoms with Gasteiger partial charge in [-0.25, -0.2) is 9.97 Å². The van der Waals surface area contributed by atoms with Gasteiger partial charge in [0.15, 0.2) is 0 Å². The van der Waals surface area contributed by atoms with E-state index in [2.05, 4.69) is 4.98 Å². The molecule has 5 heteroatoms. The monoisotopic (exact) mass is 357 g/mol. The number of nitrogens with zero attached hydrogens (tertiary/aromatic N) is 3. The lowest BCUT2D eigenvalue weighted by molar-refractivity contribution is 0.103. The fourth-order valence-corrected chi connectivity index (χ4v) is 3.38. The van der Waals surface area contributed by atoms with Crippen molar-refractivity contribution < 1.29 is 4.79 Å². The molecular formula is C21H12ClN3O. The Kier molecular flexibility index (Phi) is 3.27. The summed E-state index contributed by atoms with van der Waals surface area (Å²) in [6.45, 7) is 0. The molecular weight excluding hydrogens is 346 g/mol. The molecule has 0 aliphatic carbocycles. The molecule has 0 spiro atoms. The SMILES string of the molecule is O=C(c1ccc(Cl)cc1)c1nc2ccccc2c2nc3ccccn3c12. The van der Waals surface area contributed by atoms with Crippen LogP contribution in [0.4, 0.5) is 0 Å². The number of carbonyl (C=O) groups excluding carboxylic acids is 1. The Morgan fingerprint density at radius 1 is 0.885 bits per heavy atom. The maximum Gasteiger partial charge on any atom is 0.213 e. The normalized spacial score (nSPS) is 11.4. The number of imidazole rings is 1. The summed E-state index contributed by atoms with van der Waals surface area (Å²) in [5, 5.41) is 1.52. The summed E-state index contributed by atoms with van der Waals surface area (Å²) >= 11 is 5.96. The van der Waals surface area contributed by atoms with Gasteiger partial charge in [0.1, 0.15) is 22.4 Å². The number of ketones is 1. The zero-order valence-corrected chi connectivity index (χ0v) is 14.3. The Morgan fingerprint density at radius 3 is 2.50 bits per heavy atom. The summed E-state index contributed by atoms with van der Waals surface area (Å²) in [7, 11) is 0. The Labute approximate surface area is 153 Å². The first kappa shape index (κ1) is 15.0. The van der Waals surface area contributed by atoms with Crippen molar-refractivity contribution in [3.63, 3.8) is 0 Å². The number of hydrogen-bond acceptors (Lipinski definition) is 3. The predicted molar refractivity (Wildman–Crippen MR) is 103 cm³/mol. The molecule has 0 N–H and O–H groups in total. The molecule has 5 rings (SSSR count). The molecule has 0 aliphatic heterocycles. The summed E-state index contributed by atoms with van der Waals surface area (Å²) in [6.07, 6.45) is 1.90. The highest BCUT2D eigenvalue weighted by atomic mass is 35.5. The maximum atomic E-state index is 13.2. The van der Waals surface area contributed by atoms with Crippen molar-refractivity contribution in [2.75, 3.05) is 0 Å². The third-order valence-corrected chi connectivity index (χ3v) is 4.72. The molecule has 4 nitrogen and oxygen atoms in total. The quantitative estimate of drug-likeness (QED) is 0.421. The lowest BCUT2D eigenvalue weighted by Gasteiger charge is -2.06. The molecule has 2 aromatic carbocycles. The zero-order chi connectivity index (χ0) is 17.7. The zero-order valence-electron chi connectivity index (χ0n) is 13.6. The first-order chi connectivity index (χ1) is 12.7. The van der Waals surface area contributed by atoms with Crippen LogP contribution in [0.25, 0.3) is 27.6 Å². The maximum absolute atomic E-state index is 13.2. The standard InChI is InChI=1S/C21H12ClN3O/c22-14-10-8-13(9-11-14)21(26)19-20-18(15-5-1-2-6-16(15)23-19)24-17-7-3-4-12-25(17)20/h1-12H. The van der Waals surface area contributed by atoms with Gasteiger partial charge in [-0.15, -0.1) is 0 Å². The minimum absolute atomic E-state index is 0.150. The molecule has 0 saturated heterocycles. The molecule has 3 heterocycles. The average Bonchev–Trinajstić information content (AvgIpc) is 3.07. The molecule has 0 aliphatic rings. The Hall–Kier alpha value is -3.24. The van der Waals surface area contributed by atoms with Gasteiger partial charge in [0.2, 0.25) is 5.78 Å². The number of benzene rings is 2. The number of para-hydroxylation sites is 1. The van der Waals surface area contributed by atoms with Gasteiger partial charge >= 0.3 is 0 Å². The topological polar surface area (TPSA) is 47.3 Å². The molecule has 0 bridgehead atoms. The van der Waals surface area contributed by atoms with E-state index in [0.29, 0.717) is 16.3 Å². The second-order valence-electron chi connectivity index (χ2n) is 6.05. The van der Waals surface area contributed by atoms with Gasteiger partial charge in [0.05, 0.1) is 5.52 Å². The molecule has 124 valence electrons. The van der Waals surface area contributed by atoms with E-state index in [4.69, 9.17) is 16.6 Å². The van der Waals surface area contributed by atoms with E-state index >= 15 is 0 Å². The highest BCUT2D eigenvalue weighted by Gasteiger charge is 2.20. The Morgan fingerprint density at radius 2 is 1.65 bits per heavy atom. The van der Waals surface area contributed by atoms with Crippen LogP contribution >= 0.6 is 11.6 Å². The second-order valence-corrected chi connectivity index (χ2v) is 6.49. The van der Waals surface area contributed by atoms with Gasteiger partial charge < -0.3 is 0 Å². The minimum atomic E-state index is -0.150. The van der Waals surface area contributed by atoms with Gasteiger partial charge in [-0.2, -0.15) is 0 Å². The van der Waals surface area contributed by atoms with Crippen molar-refractivity contribution >= 4 is 45.0 Å². The molecule has 0 unspecified atom stereocenters. The summed E-state index contributed by atoms with van der Waals surface area (Å²) < 4.78 is 1.91. The molecule has 5 aromatic rings. The van der Waals surface area contributed by atoms with E-state index in [9.17, 15) is 4.79 Å². The van der Waals surface area contributed by atoms with Crippen LogP contribution in [-0.4, -0.2) is 20.2 Å². The fraction of sp³-hybridized carbons (Fsp3) is 0. The van der Waals surface area contributed by atoms with Crippen LogP contribution in [0, 0.1) is 0 Å². The third kappa shape index (κ3) is 2.20.